The van der Waals surface area contributed by atoms with Crippen LogP contribution in [0.1, 0.15) is 44.5 Å². The summed E-state index contributed by atoms with van der Waals surface area (Å²) in [4.78, 5) is 4.86. The van der Waals surface area contributed by atoms with Gasteiger partial charge in [-0.3, -0.25) is 0 Å². The van der Waals surface area contributed by atoms with Crippen molar-refractivity contribution in [1.29, 1.82) is 0 Å². The molecule has 0 unspecified atom stereocenters. The van der Waals surface area contributed by atoms with Gasteiger partial charge in [0.1, 0.15) is 11.2 Å². The number of rotatable bonds is 10. The Labute approximate surface area is 494 Å². The molecule has 0 saturated heterocycles. The highest BCUT2D eigenvalue weighted by Gasteiger charge is 2.48. The van der Waals surface area contributed by atoms with E-state index in [-0.39, 0.29) is 0 Å². The Morgan fingerprint density at radius 3 is 1.21 bits per heavy atom. The molecule has 4 heteroatoms. The molecule has 2 heterocycles. The molecule has 1 aliphatic rings. The van der Waals surface area contributed by atoms with Crippen molar-refractivity contribution in [2.75, 3.05) is 9.80 Å². The van der Waals surface area contributed by atoms with Gasteiger partial charge < -0.3 is 18.6 Å². The number of anilines is 6. The lowest BCUT2D eigenvalue weighted by Gasteiger charge is -2.36. The van der Waals surface area contributed by atoms with Gasteiger partial charge in [-0.2, -0.15) is 0 Å². The van der Waals surface area contributed by atoms with E-state index in [1.54, 1.807) is 0 Å². The lowest BCUT2D eigenvalue weighted by atomic mass is 9.67. The molecule has 0 fully saturated rings. The summed E-state index contributed by atoms with van der Waals surface area (Å²) in [6.45, 7) is 8.66. The fourth-order valence-electron chi connectivity index (χ4n) is 14.0. The van der Waals surface area contributed by atoms with Crippen molar-refractivity contribution in [2.24, 2.45) is 0 Å². The molecule has 16 rings (SSSR count). The third kappa shape index (κ3) is 7.75. The van der Waals surface area contributed by atoms with Crippen LogP contribution in [0.5, 0.6) is 0 Å². The summed E-state index contributed by atoms with van der Waals surface area (Å²) in [5.41, 5.74) is 25.1. The van der Waals surface area contributed by atoms with E-state index in [0.717, 1.165) is 106 Å². The fourth-order valence-corrected chi connectivity index (χ4v) is 14.0. The number of hydrogen-bond acceptors (Lipinski definition) is 4. The number of fused-ring (bicyclic) bond motifs is 11. The van der Waals surface area contributed by atoms with Crippen LogP contribution in [0.15, 0.2) is 288 Å². The van der Waals surface area contributed by atoms with Crippen LogP contribution in [0.25, 0.3) is 88.0 Å². The zero-order valence-electron chi connectivity index (χ0n) is 47.8. The summed E-state index contributed by atoms with van der Waals surface area (Å²) in [5, 5.41) is 6.60. The molecule has 13 aromatic carbocycles. The Morgan fingerprint density at radius 2 is 0.682 bits per heavy atom. The van der Waals surface area contributed by atoms with Gasteiger partial charge in [-0.1, -0.05) is 236 Å². The van der Waals surface area contributed by atoms with Crippen LogP contribution in [0.3, 0.4) is 0 Å². The summed E-state index contributed by atoms with van der Waals surface area (Å²) in [7, 11) is 0. The lowest BCUT2D eigenvalue weighted by molar-refractivity contribution is 0.670. The van der Waals surface area contributed by atoms with Crippen molar-refractivity contribution < 1.29 is 8.83 Å². The molecule has 0 bridgehead atoms. The topological polar surface area (TPSA) is 32.8 Å². The second-order valence-electron chi connectivity index (χ2n) is 22.9. The third-order valence-corrected chi connectivity index (χ3v) is 18.0. The average Bonchev–Trinajstić information content (AvgIpc) is 1.57. The second-order valence-corrected chi connectivity index (χ2v) is 22.9. The molecule has 0 aliphatic heterocycles. The van der Waals surface area contributed by atoms with Crippen LogP contribution < -0.4 is 9.80 Å². The monoisotopic (exact) mass is 1090 g/mol. The van der Waals surface area contributed by atoms with Crippen LogP contribution in [-0.2, 0) is 5.41 Å². The highest BCUT2D eigenvalue weighted by molar-refractivity contribution is 6.17. The van der Waals surface area contributed by atoms with Crippen molar-refractivity contribution in [2.45, 2.75) is 33.1 Å². The summed E-state index contributed by atoms with van der Waals surface area (Å²) in [5.74, 6) is 0. The van der Waals surface area contributed by atoms with Crippen LogP contribution in [-0.4, -0.2) is 0 Å². The van der Waals surface area contributed by atoms with E-state index in [1.165, 1.54) is 61.0 Å². The number of benzene rings is 13. The van der Waals surface area contributed by atoms with E-state index in [1.807, 2.05) is 0 Å². The minimum Gasteiger partial charge on any atom is -0.453 e. The van der Waals surface area contributed by atoms with Crippen molar-refractivity contribution in [1.82, 2.24) is 0 Å². The number of furan rings is 2. The van der Waals surface area contributed by atoms with Gasteiger partial charge in [0.2, 0.25) is 0 Å². The lowest BCUT2D eigenvalue weighted by Crippen LogP contribution is -2.29. The van der Waals surface area contributed by atoms with Crippen molar-refractivity contribution in [3.8, 4) is 33.4 Å². The van der Waals surface area contributed by atoms with E-state index in [0.29, 0.717) is 0 Å². The van der Waals surface area contributed by atoms with E-state index in [4.69, 9.17) is 8.83 Å². The van der Waals surface area contributed by atoms with Gasteiger partial charge in [0, 0.05) is 55.1 Å². The molecule has 0 spiro atoms. The summed E-state index contributed by atoms with van der Waals surface area (Å²) < 4.78 is 14.6. The Kier molecular flexibility index (Phi) is 11.6. The zero-order chi connectivity index (χ0) is 56.9. The van der Waals surface area contributed by atoms with Gasteiger partial charge in [0.05, 0.1) is 22.5 Å². The third-order valence-electron chi connectivity index (χ3n) is 18.0. The molecule has 0 saturated carbocycles. The number of nitrogens with zero attached hydrogens (tertiary/aromatic N) is 2. The van der Waals surface area contributed by atoms with Crippen molar-refractivity contribution >= 4 is 88.8 Å². The molecule has 0 N–H and O–H groups in total. The molecular formula is C81H58N2O2. The van der Waals surface area contributed by atoms with Crippen LogP contribution >= 0.6 is 0 Å². The molecule has 0 amide bonds. The Balaban J connectivity index is 0.976. The minimum absolute atomic E-state index is 0.804. The molecule has 0 radical (unpaired) electrons. The average molecular weight is 1090 g/mol. The molecule has 4 nitrogen and oxygen atoms in total. The van der Waals surface area contributed by atoms with Gasteiger partial charge in [-0.05, 0) is 143 Å². The molecule has 1 aliphatic carbocycles. The van der Waals surface area contributed by atoms with Crippen LogP contribution in [0.4, 0.5) is 34.1 Å². The van der Waals surface area contributed by atoms with Gasteiger partial charge in [0.15, 0.2) is 11.2 Å². The van der Waals surface area contributed by atoms with E-state index in [2.05, 4.69) is 317 Å². The van der Waals surface area contributed by atoms with E-state index < -0.39 is 5.41 Å². The van der Waals surface area contributed by atoms with Gasteiger partial charge in [-0.25, -0.2) is 0 Å². The van der Waals surface area contributed by atoms with Gasteiger partial charge in [-0.15, -0.1) is 0 Å². The Bertz CT molecular complexity index is 5070. The first-order valence-electron chi connectivity index (χ1n) is 29.4. The molecular weight excluding hydrogens is 1030 g/mol. The number of para-hydroxylation sites is 4. The molecule has 85 heavy (non-hydrogen) atoms. The normalized spacial score (nSPS) is 12.6. The maximum Gasteiger partial charge on any atom is 0.159 e. The second kappa shape index (κ2) is 19.8. The van der Waals surface area contributed by atoms with Crippen molar-refractivity contribution in [3.05, 3.63) is 324 Å². The SMILES string of the molecule is Cc1ccc(N(c2ccc3c(c2)C(c2ccccc2)(c2ccccc2)c2cc(N(c4ccc(C)cc4)c4cccc5c4oc4c(-c6ccccc6C)cccc45)c4ccccc4c2-3)c2cccc3c2oc2c(-c4ccccc4C)cccc23)cc1. The summed E-state index contributed by atoms with van der Waals surface area (Å²) in [6.07, 6.45) is 0. The van der Waals surface area contributed by atoms with E-state index >= 15 is 0 Å². The predicted molar refractivity (Wildman–Crippen MR) is 355 cm³/mol. The van der Waals surface area contributed by atoms with Crippen molar-refractivity contribution in [3.63, 3.8) is 0 Å². The quantitative estimate of drug-likeness (QED) is 0.137. The zero-order valence-corrected chi connectivity index (χ0v) is 47.8. The molecule has 2 aromatic heterocycles. The van der Waals surface area contributed by atoms with E-state index in [9.17, 15) is 0 Å². The molecule has 15 aromatic rings. The van der Waals surface area contributed by atoms with Gasteiger partial charge in [0.25, 0.3) is 0 Å². The summed E-state index contributed by atoms with van der Waals surface area (Å²) >= 11 is 0. The van der Waals surface area contributed by atoms with Crippen LogP contribution in [0, 0.1) is 27.7 Å². The predicted octanol–water partition coefficient (Wildman–Crippen LogP) is 22.5. The summed E-state index contributed by atoms with van der Waals surface area (Å²) in [6, 6.07) is 102. The molecule has 404 valence electrons. The Hall–Kier alpha value is -10.7. The highest BCUT2D eigenvalue weighted by atomic mass is 16.3. The maximum atomic E-state index is 7.34. The first kappa shape index (κ1) is 50.1. The minimum atomic E-state index is -0.804. The largest absolute Gasteiger partial charge is 0.453 e. The first-order valence-corrected chi connectivity index (χ1v) is 29.4. The van der Waals surface area contributed by atoms with Crippen LogP contribution in [0.2, 0.25) is 0 Å². The number of aryl methyl sites for hydroxylation is 4. The smallest absolute Gasteiger partial charge is 0.159 e. The first-order chi connectivity index (χ1) is 41.8. The highest BCUT2D eigenvalue weighted by Crippen LogP contribution is 2.61. The maximum absolute atomic E-state index is 7.34. The van der Waals surface area contributed by atoms with Gasteiger partial charge >= 0.3 is 0 Å². The fraction of sp³-hybridized carbons (Fsp3) is 0.0617. The number of hydrogen-bond donors (Lipinski definition) is 0. The standard InChI is InChI=1S/C81H58N2O2/c1-51-39-43-57(44-40-51)82(73-37-19-35-68-66-33-17-31-64(77(66)84-79(68)73)60-27-13-11-21-53(60)3)59-47-48-70-71(49-59)81(55-23-7-5-8-24-55,56-25-9-6-10-26-56)72-50-75(62-29-15-16-30-63(62)76(70)72)83(58-45-41-52(2)42-46-58)74-38-20-36-69-67-34-18-32-65(78(67)85-80(69)74)61-28-14-12-22-54(61)4/h5-50H,1-4H3. The molecule has 0 atom stereocenters. The Morgan fingerprint density at radius 1 is 0.271 bits per heavy atom.